The summed E-state index contributed by atoms with van der Waals surface area (Å²) in [7, 11) is 0. The van der Waals surface area contributed by atoms with E-state index in [1.165, 1.54) is 0 Å². The van der Waals surface area contributed by atoms with Crippen molar-refractivity contribution >= 4 is 17.8 Å². The molecule has 0 aromatic heterocycles. The van der Waals surface area contributed by atoms with E-state index in [9.17, 15) is 19.5 Å². The summed E-state index contributed by atoms with van der Waals surface area (Å²) < 4.78 is 4.99. The Balaban J connectivity index is 2.84. The van der Waals surface area contributed by atoms with Crippen LogP contribution >= 0.6 is 0 Å². The van der Waals surface area contributed by atoms with Crippen LogP contribution in [0, 0.1) is 0 Å². The summed E-state index contributed by atoms with van der Waals surface area (Å²) in [6.07, 6.45) is -0.870. The van der Waals surface area contributed by atoms with Crippen molar-refractivity contribution < 1.29 is 24.2 Å². The zero-order chi connectivity index (χ0) is 13.4. The Labute approximate surface area is 98.8 Å². The number of carbonyl (C=O) groups is 3. The molecule has 1 aliphatic heterocycles. The first-order valence-corrected chi connectivity index (χ1v) is 5.11. The molecule has 0 aliphatic carbocycles. The van der Waals surface area contributed by atoms with E-state index in [1.807, 2.05) is 0 Å². The van der Waals surface area contributed by atoms with Gasteiger partial charge in [0.25, 0.3) is 5.91 Å². The number of nitrogens with zero attached hydrogens (tertiary/aromatic N) is 1. The van der Waals surface area contributed by atoms with Crippen LogP contribution in [0.25, 0.3) is 0 Å². The Hall–Kier alpha value is -1.85. The maximum Gasteiger partial charge on any atom is 0.417 e. The molecule has 0 atom stereocenters. The van der Waals surface area contributed by atoms with Crippen LogP contribution < -0.4 is 0 Å². The van der Waals surface area contributed by atoms with E-state index in [-0.39, 0.29) is 12.1 Å². The minimum absolute atomic E-state index is 0.317. The quantitative estimate of drug-likeness (QED) is 0.696. The number of amides is 2. The van der Waals surface area contributed by atoms with Gasteiger partial charge in [-0.05, 0) is 27.7 Å². The van der Waals surface area contributed by atoms with Gasteiger partial charge in [0.1, 0.15) is 16.9 Å². The van der Waals surface area contributed by atoms with Gasteiger partial charge >= 0.3 is 6.09 Å². The predicted molar refractivity (Wildman–Crippen MR) is 58.3 cm³/mol. The number of hydrogen-bond acceptors (Lipinski definition) is 5. The van der Waals surface area contributed by atoms with E-state index in [0.29, 0.717) is 4.90 Å². The molecule has 6 heteroatoms. The van der Waals surface area contributed by atoms with Crippen LogP contribution in [0.15, 0.2) is 11.3 Å². The van der Waals surface area contributed by atoms with Crippen molar-refractivity contribution in [2.75, 3.05) is 6.54 Å². The molecule has 0 aromatic rings. The maximum absolute atomic E-state index is 11.7. The zero-order valence-corrected chi connectivity index (χ0v) is 10.2. The molecule has 94 valence electrons. The molecule has 0 spiro atoms. The van der Waals surface area contributed by atoms with Crippen LogP contribution in [-0.4, -0.2) is 39.9 Å². The van der Waals surface area contributed by atoms with Gasteiger partial charge < -0.3 is 9.84 Å². The topological polar surface area (TPSA) is 83.9 Å². The van der Waals surface area contributed by atoms with E-state index in [4.69, 9.17) is 4.74 Å². The highest BCUT2D eigenvalue weighted by atomic mass is 16.6. The number of ether oxygens (including phenoxy) is 1. The first kappa shape index (κ1) is 13.2. The minimum atomic E-state index is -0.870. The molecule has 0 radical (unpaired) electrons. The minimum Gasteiger partial charge on any atom is -0.509 e. The molecule has 1 heterocycles. The van der Waals surface area contributed by atoms with Crippen LogP contribution in [0.4, 0.5) is 4.79 Å². The molecule has 0 unspecified atom stereocenters. The highest BCUT2D eigenvalue weighted by molar-refractivity contribution is 6.23. The van der Waals surface area contributed by atoms with Crippen molar-refractivity contribution in [1.82, 2.24) is 4.90 Å². The molecule has 6 nitrogen and oxygen atoms in total. The van der Waals surface area contributed by atoms with Crippen molar-refractivity contribution in [2.24, 2.45) is 0 Å². The first-order valence-electron chi connectivity index (χ1n) is 5.11. The molecule has 1 N–H and O–H groups in total. The Morgan fingerprint density at radius 1 is 1.35 bits per heavy atom. The number of imide groups is 1. The van der Waals surface area contributed by atoms with Crippen LogP contribution in [0.2, 0.25) is 0 Å². The van der Waals surface area contributed by atoms with Gasteiger partial charge in [-0.15, -0.1) is 0 Å². The van der Waals surface area contributed by atoms with Crippen LogP contribution in [0.3, 0.4) is 0 Å². The third kappa shape index (κ3) is 2.83. The van der Waals surface area contributed by atoms with E-state index < -0.39 is 29.1 Å². The van der Waals surface area contributed by atoms with Crippen molar-refractivity contribution in [2.45, 2.75) is 33.3 Å². The average molecular weight is 241 g/mol. The number of ketones is 1. The second-order valence-corrected chi connectivity index (χ2v) is 4.75. The largest absolute Gasteiger partial charge is 0.509 e. The van der Waals surface area contributed by atoms with Gasteiger partial charge in [0.05, 0.1) is 6.54 Å². The van der Waals surface area contributed by atoms with Gasteiger partial charge in [0, 0.05) is 0 Å². The standard InChI is InChI=1S/C11H15NO5/c1-6(13)8-7(14)5-12(9(8)15)10(16)17-11(2,3)4/h14H,5H2,1-4H3. The Morgan fingerprint density at radius 3 is 2.24 bits per heavy atom. The monoisotopic (exact) mass is 241 g/mol. The molecule has 2 amide bonds. The Kier molecular flexibility index (Phi) is 3.26. The van der Waals surface area contributed by atoms with Gasteiger partial charge in [-0.1, -0.05) is 0 Å². The number of hydrogen-bond donors (Lipinski definition) is 1. The number of carbonyl (C=O) groups excluding carboxylic acids is 3. The zero-order valence-electron chi connectivity index (χ0n) is 10.2. The predicted octanol–water partition coefficient (Wildman–Crippen LogP) is 1.16. The summed E-state index contributed by atoms with van der Waals surface area (Å²) in [5.41, 5.74) is -1.10. The molecule has 0 saturated carbocycles. The summed E-state index contributed by atoms with van der Waals surface area (Å²) in [5.74, 6) is -1.78. The molecular weight excluding hydrogens is 226 g/mol. The summed E-state index contributed by atoms with van der Waals surface area (Å²) in [6.45, 7) is 5.81. The average Bonchev–Trinajstić information content (AvgIpc) is 2.38. The van der Waals surface area contributed by atoms with E-state index >= 15 is 0 Å². The summed E-state index contributed by atoms with van der Waals surface area (Å²) in [4.78, 5) is 35.1. The van der Waals surface area contributed by atoms with Gasteiger partial charge in [-0.2, -0.15) is 0 Å². The number of aliphatic hydroxyl groups excluding tert-OH is 1. The van der Waals surface area contributed by atoms with Crippen LogP contribution in [0.1, 0.15) is 27.7 Å². The third-order valence-corrected chi connectivity index (χ3v) is 2.02. The highest BCUT2D eigenvalue weighted by Crippen LogP contribution is 2.20. The number of aliphatic hydroxyl groups is 1. The molecule has 1 rings (SSSR count). The van der Waals surface area contributed by atoms with Crippen molar-refractivity contribution in [3.63, 3.8) is 0 Å². The molecular formula is C11H15NO5. The lowest BCUT2D eigenvalue weighted by Crippen LogP contribution is -2.39. The van der Waals surface area contributed by atoms with E-state index in [2.05, 4.69) is 0 Å². The molecule has 0 saturated heterocycles. The van der Waals surface area contributed by atoms with Crippen molar-refractivity contribution in [3.8, 4) is 0 Å². The summed E-state index contributed by atoms with van der Waals surface area (Å²) in [5, 5.41) is 9.44. The third-order valence-electron chi connectivity index (χ3n) is 2.02. The molecule has 0 bridgehead atoms. The summed E-state index contributed by atoms with van der Waals surface area (Å²) >= 11 is 0. The Bertz CT molecular complexity index is 416. The van der Waals surface area contributed by atoms with Crippen molar-refractivity contribution in [1.29, 1.82) is 0 Å². The van der Waals surface area contributed by atoms with Crippen LogP contribution in [-0.2, 0) is 14.3 Å². The van der Waals surface area contributed by atoms with Crippen LogP contribution in [0.5, 0.6) is 0 Å². The first-order chi connectivity index (χ1) is 7.63. The second-order valence-electron chi connectivity index (χ2n) is 4.75. The normalized spacial score (nSPS) is 16.5. The van der Waals surface area contributed by atoms with Crippen molar-refractivity contribution in [3.05, 3.63) is 11.3 Å². The Morgan fingerprint density at radius 2 is 1.88 bits per heavy atom. The lowest BCUT2D eigenvalue weighted by Gasteiger charge is -2.23. The lowest BCUT2D eigenvalue weighted by molar-refractivity contribution is -0.127. The fourth-order valence-electron chi connectivity index (χ4n) is 1.38. The lowest BCUT2D eigenvalue weighted by atomic mass is 10.2. The SMILES string of the molecule is CC(=O)C1=C(O)CN(C(=O)OC(C)(C)C)C1=O. The molecule has 1 aliphatic rings. The maximum atomic E-state index is 11.7. The highest BCUT2D eigenvalue weighted by Gasteiger charge is 2.38. The number of Topliss-reactive ketones (excluding diaryl/α,β-unsaturated/α-hetero) is 1. The fraction of sp³-hybridized carbons (Fsp3) is 0.545. The van der Waals surface area contributed by atoms with Gasteiger partial charge in [0.2, 0.25) is 0 Å². The van der Waals surface area contributed by atoms with Gasteiger partial charge in [0.15, 0.2) is 5.78 Å². The van der Waals surface area contributed by atoms with E-state index in [0.717, 1.165) is 6.92 Å². The molecule has 0 aromatic carbocycles. The molecule has 17 heavy (non-hydrogen) atoms. The number of rotatable bonds is 1. The van der Waals surface area contributed by atoms with Gasteiger partial charge in [-0.25, -0.2) is 9.69 Å². The smallest absolute Gasteiger partial charge is 0.417 e. The fourth-order valence-corrected chi connectivity index (χ4v) is 1.38. The van der Waals surface area contributed by atoms with Gasteiger partial charge in [-0.3, -0.25) is 9.59 Å². The molecule has 0 fully saturated rings. The second kappa shape index (κ2) is 4.20. The summed E-state index contributed by atoms with van der Waals surface area (Å²) in [6, 6.07) is 0. The van der Waals surface area contributed by atoms with E-state index in [1.54, 1.807) is 20.8 Å².